The molecule has 0 radical (unpaired) electrons. The van der Waals surface area contributed by atoms with Crippen LogP contribution in [-0.4, -0.2) is 33.1 Å². The molecule has 24 heavy (non-hydrogen) atoms. The van der Waals surface area contributed by atoms with Gasteiger partial charge in [0.1, 0.15) is 11.3 Å². The molecule has 0 saturated heterocycles. The smallest absolute Gasteiger partial charge is 0.339 e. The molecule has 0 saturated carbocycles. The topological polar surface area (TPSA) is 83.9 Å². The average molecular weight is 349 g/mol. The average Bonchev–Trinajstić information content (AvgIpc) is 2.55. The number of hydrogen-bond donors (Lipinski definition) is 1. The molecule has 0 unspecified atom stereocenters. The lowest BCUT2D eigenvalue weighted by atomic mass is 10.2. The second-order valence-electron chi connectivity index (χ2n) is 5.20. The monoisotopic (exact) mass is 349 g/mol. The van der Waals surface area contributed by atoms with E-state index < -0.39 is 16.0 Å². The summed E-state index contributed by atoms with van der Waals surface area (Å²) in [5.74, 6) is -1.10. The summed E-state index contributed by atoms with van der Waals surface area (Å²) in [6, 6.07) is 10.8. The Labute approximate surface area is 141 Å². The van der Waals surface area contributed by atoms with Crippen LogP contribution in [0.3, 0.4) is 0 Å². The molecule has 7 heteroatoms. The molecular weight excluding hydrogens is 330 g/mol. The van der Waals surface area contributed by atoms with Gasteiger partial charge in [0.25, 0.3) is 10.0 Å². The molecule has 0 aliphatic carbocycles. The molecule has 2 aromatic rings. The van der Waals surface area contributed by atoms with Crippen molar-refractivity contribution in [1.82, 2.24) is 0 Å². The number of benzene rings is 2. The van der Waals surface area contributed by atoms with E-state index in [0.29, 0.717) is 5.69 Å². The number of carboxylic acid groups (broad SMARTS) is 1. The summed E-state index contributed by atoms with van der Waals surface area (Å²) in [7, 11) is -2.45. The van der Waals surface area contributed by atoms with E-state index >= 15 is 0 Å². The number of aryl methyl sites for hydroxylation is 1. The molecule has 2 rings (SSSR count). The standard InChI is InChI=1S/C17H19NO5S/c1-4-23-16-10-9-14(11-15(16)17(19)20)24(21,22)18(3)13-7-5-12(2)6-8-13/h5-11H,4H2,1-3H3,(H,19,20). The summed E-state index contributed by atoms with van der Waals surface area (Å²) >= 11 is 0. The molecule has 0 aromatic heterocycles. The highest BCUT2D eigenvalue weighted by atomic mass is 32.2. The molecule has 0 heterocycles. The molecule has 6 nitrogen and oxygen atoms in total. The fraction of sp³-hybridized carbons (Fsp3) is 0.235. The predicted octanol–water partition coefficient (Wildman–Crippen LogP) is 2.92. The Kier molecular flexibility index (Phi) is 5.14. The third-order valence-electron chi connectivity index (χ3n) is 3.54. The number of sulfonamides is 1. The predicted molar refractivity (Wildman–Crippen MR) is 91.3 cm³/mol. The summed E-state index contributed by atoms with van der Waals surface area (Å²) in [6.07, 6.45) is 0. The fourth-order valence-electron chi connectivity index (χ4n) is 2.17. The van der Waals surface area contributed by atoms with Gasteiger partial charge in [0.15, 0.2) is 0 Å². The molecule has 2 aromatic carbocycles. The minimum absolute atomic E-state index is 0.105. The van der Waals surface area contributed by atoms with Crippen LogP contribution in [-0.2, 0) is 10.0 Å². The van der Waals surface area contributed by atoms with Crippen LogP contribution >= 0.6 is 0 Å². The van der Waals surface area contributed by atoms with Crippen LogP contribution in [0.15, 0.2) is 47.4 Å². The van der Waals surface area contributed by atoms with Gasteiger partial charge >= 0.3 is 5.97 Å². The lowest BCUT2D eigenvalue weighted by Gasteiger charge is -2.20. The molecule has 0 bridgehead atoms. The van der Waals surface area contributed by atoms with E-state index in [4.69, 9.17) is 4.74 Å². The molecule has 0 spiro atoms. The zero-order chi connectivity index (χ0) is 17.9. The molecule has 0 aliphatic rings. The molecule has 1 N–H and O–H groups in total. The fourth-order valence-corrected chi connectivity index (χ4v) is 3.39. The van der Waals surface area contributed by atoms with Gasteiger partial charge in [0.05, 0.1) is 17.2 Å². The number of carboxylic acids is 1. The number of ether oxygens (including phenoxy) is 1. The van der Waals surface area contributed by atoms with Crippen molar-refractivity contribution in [3.05, 3.63) is 53.6 Å². The Hall–Kier alpha value is -2.54. The number of anilines is 1. The number of carbonyl (C=O) groups is 1. The summed E-state index contributed by atoms with van der Waals surface area (Å²) in [5, 5.41) is 9.28. The summed E-state index contributed by atoms with van der Waals surface area (Å²) < 4.78 is 31.9. The zero-order valence-corrected chi connectivity index (χ0v) is 14.5. The van der Waals surface area contributed by atoms with Crippen molar-refractivity contribution in [3.8, 4) is 5.75 Å². The Morgan fingerprint density at radius 3 is 2.33 bits per heavy atom. The molecule has 128 valence electrons. The van der Waals surface area contributed by atoms with E-state index in [1.807, 2.05) is 19.1 Å². The number of hydrogen-bond acceptors (Lipinski definition) is 4. The highest BCUT2D eigenvalue weighted by Gasteiger charge is 2.24. The molecule has 0 amide bonds. The van der Waals surface area contributed by atoms with Crippen LogP contribution in [0.25, 0.3) is 0 Å². The van der Waals surface area contributed by atoms with Gasteiger partial charge in [0, 0.05) is 7.05 Å². The molecule has 0 atom stereocenters. The molecule has 0 aliphatic heterocycles. The highest BCUT2D eigenvalue weighted by Crippen LogP contribution is 2.27. The third kappa shape index (κ3) is 3.51. The minimum atomic E-state index is -3.88. The Morgan fingerprint density at radius 2 is 1.79 bits per heavy atom. The van der Waals surface area contributed by atoms with Crippen LogP contribution in [0, 0.1) is 6.92 Å². The van der Waals surface area contributed by atoms with Crippen LogP contribution in [0.2, 0.25) is 0 Å². The van der Waals surface area contributed by atoms with Crippen molar-refractivity contribution < 1.29 is 23.1 Å². The van der Waals surface area contributed by atoms with Crippen molar-refractivity contribution in [1.29, 1.82) is 0 Å². The van der Waals surface area contributed by atoms with Gasteiger partial charge in [-0.2, -0.15) is 0 Å². The first-order valence-electron chi connectivity index (χ1n) is 7.33. The van der Waals surface area contributed by atoms with Gasteiger partial charge in [-0.3, -0.25) is 4.31 Å². The van der Waals surface area contributed by atoms with Gasteiger partial charge in [-0.25, -0.2) is 13.2 Å². The van der Waals surface area contributed by atoms with E-state index in [2.05, 4.69) is 0 Å². The van der Waals surface area contributed by atoms with E-state index in [1.165, 1.54) is 19.2 Å². The normalized spacial score (nSPS) is 11.1. The quantitative estimate of drug-likeness (QED) is 0.867. The Balaban J connectivity index is 2.47. The van der Waals surface area contributed by atoms with E-state index in [0.717, 1.165) is 15.9 Å². The van der Waals surface area contributed by atoms with Crippen molar-refractivity contribution in [2.24, 2.45) is 0 Å². The van der Waals surface area contributed by atoms with E-state index in [-0.39, 0.29) is 22.8 Å². The first-order chi connectivity index (χ1) is 11.3. The first kappa shape index (κ1) is 17.8. The second kappa shape index (κ2) is 6.92. The zero-order valence-electron chi connectivity index (χ0n) is 13.7. The third-order valence-corrected chi connectivity index (χ3v) is 5.32. The summed E-state index contributed by atoms with van der Waals surface area (Å²) in [6.45, 7) is 3.92. The number of nitrogens with zero attached hydrogens (tertiary/aromatic N) is 1. The van der Waals surface area contributed by atoms with Crippen LogP contribution in [0.4, 0.5) is 5.69 Å². The first-order valence-corrected chi connectivity index (χ1v) is 8.77. The van der Waals surface area contributed by atoms with Crippen molar-refractivity contribution in [2.75, 3.05) is 18.0 Å². The van der Waals surface area contributed by atoms with Crippen molar-refractivity contribution >= 4 is 21.7 Å². The maximum atomic E-state index is 12.8. The summed E-state index contributed by atoms with van der Waals surface area (Å²) in [4.78, 5) is 11.3. The van der Waals surface area contributed by atoms with Gasteiger partial charge in [-0.1, -0.05) is 17.7 Å². The minimum Gasteiger partial charge on any atom is -0.493 e. The van der Waals surface area contributed by atoms with Gasteiger partial charge < -0.3 is 9.84 Å². The van der Waals surface area contributed by atoms with Crippen LogP contribution < -0.4 is 9.04 Å². The van der Waals surface area contributed by atoms with Crippen LogP contribution in [0.5, 0.6) is 5.75 Å². The van der Waals surface area contributed by atoms with Crippen LogP contribution in [0.1, 0.15) is 22.8 Å². The molecular formula is C17H19NO5S. The number of rotatable bonds is 6. The lowest BCUT2D eigenvalue weighted by Crippen LogP contribution is -2.26. The second-order valence-corrected chi connectivity index (χ2v) is 7.17. The Morgan fingerprint density at radius 1 is 1.17 bits per heavy atom. The maximum Gasteiger partial charge on any atom is 0.339 e. The van der Waals surface area contributed by atoms with E-state index in [9.17, 15) is 18.3 Å². The van der Waals surface area contributed by atoms with Gasteiger partial charge in [-0.05, 0) is 44.2 Å². The van der Waals surface area contributed by atoms with Crippen molar-refractivity contribution in [3.63, 3.8) is 0 Å². The van der Waals surface area contributed by atoms with E-state index in [1.54, 1.807) is 19.1 Å². The molecule has 0 fully saturated rings. The van der Waals surface area contributed by atoms with Crippen molar-refractivity contribution in [2.45, 2.75) is 18.7 Å². The SMILES string of the molecule is CCOc1ccc(S(=O)(=O)N(C)c2ccc(C)cc2)cc1C(=O)O. The number of aromatic carboxylic acids is 1. The summed E-state index contributed by atoms with van der Waals surface area (Å²) in [5.41, 5.74) is 1.32. The van der Waals surface area contributed by atoms with Gasteiger partial charge in [0.2, 0.25) is 0 Å². The highest BCUT2D eigenvalue weighted by molar-refractivity contribution is 7.92. The maximum absolute atomic E-state index is 12.8. The lowest BCUT2D eigenvalue weighted by molar-refractivity contribution is 0.0692. The largest absolute Gasteiger partial charge is 0.493 e. The Bertz CT molecular complexity index is 844. The van der Waals surface area contributed by atoms with Gasteiger partial charge in [-0.15, -0.1) is 0 Å².